The first-order chi connectivity index (χ1) is 12.1. The minimum absolute atomic E-state index is 0.229. The van der Waals surface area contributed by atoms with E-state index in [1.54, 1.807) is 22.8 Å². The molecule has 126 valence electrons. The average Bonchev–Trinajstić information content (AvgIpc) is 3.22. The van der Waals surface area contributed by atoms with Gasteiger partial charge in [0.1, 0.15) is 0 Å². The SMILES string of the molecule is C#CCn1c(=NC(=O)Cc2cccs2)sc2cc(C(=O)OC)ccc21. The summed E-state index contributed by atoms with van der Waals surface area (Å²) in [5, 5.41) is 1.93. The lowest BCUT2D eigenvalue weighted by Gasteiger charge is -2.01. The second-order valence-electron chi connectivity index (χ2n) is 5.11. The predicted molar refractivity (Wildman–Crippen MR) is 98.6 cm³/mol. The quantitative estimate of drug-likeness (QED) is 0.524. The maximum absolute atomic E-state index is 12.2. The van der Waals surface area contributed by atoms with Crippen LogP contribution in [0, 0.1) is 12.3 Å². The number of methoxy groups -OCH3 is 1. The van der Waals surface area contributed by atoms with E-state index in [0.29, 0.717) is 16.9 Å². The van der Waals surface area contributed by atoms with Gasteiger partial charge >= 0.3 is 5.97 Å². The number of thiazole rings is 1. The van der Waals surface area contributed by atoms with E-state index in [1.807, 2.05) is 17.5 Å². The van der Waals surface area contributed by atoms with Crippen LogP contribution in [0.3, 0.4) is 0 Å². The van der Waals surface area contributed by atoms with Gasteiger partial charge in [-0.05, 0) is 29.6 Å². The standard InChI is InChI=1S/C18H14N2O3S2/c1-3-8-20-14-7-6-12(17(22)23-2)10-15(14)25-18(20)19-16(21)11-13-5-4-9-24-13/h1,4-7,9-10H,8,11H2,2H3. The average molecular weight is 370 g/mol. The lowest BCUT2D eigenvalue weighted by atomic mass is 10.2. The molecule has 25 heavy (non-hydrogen) atoms. The number of hydrogen-bond acceptors (Lipinski definition) is 5. The number of amides is 1. The Bertz CT molecular complexity index is 1040. The highest BCUT2D eigenvalue weighted by atomic mass is 32.1. The molecule has 3 rings (SSSR count). The van der Waals surface area contributed by atoms with Crippen molar-refractivity contribution in [1.82, 2.24) is 4.57 Å². The molecular weight excluding hydrogens is 356 g/mol. The summed E-state index contributed by atoms with van der Waals surface area (Å²) in [6.07, 6.45) is 5.71. The third kappa shape index (κ3) is 3.71. The molecule has 0 aliphatic heterocycles. The van der Waals surface area contributed by atoms with E-state index in [4.69, 9.17) is 11.2 Å². The zero-order valence-corrected chi connectivity index (χ0v) is 15.0. The van der Waals surface area contributed by atoms with E-state index in [-0.39, 0.29) is 12.3 Å². The van der Waals surface area contributed by atoms with Gasteiger partial charge < -0.3 is 9.30 Å². The summed E-state index contributed by atoms with van der Waals surface area (Å²) >= 11 is 2.84. The first-order valence-electron chi connectivity index (χ1n) is 7.37. The van der Waals surface area contributed by atoms with Gasteiger partial charge in [0.2, 0.25) is 0 Å². The lowest BCUT2D eigenvalue weighted by molar-refractivity contribution is -0.117. The molecule has 0 bridgehead atoms. The van der Waals surface area contributed by atoms with Crippen molar-refractivity contribution in [3.8, 4) is 12.3 Å². The van der Waals surface area contributed by atoms with E-state index in [1.165, 1.54) is 29.8 Å². The molecule has 1 amide bonds. The van der Waals surface area contributed by atoms with Crippen molar-refractivity contribution in [2.75, 3.05) is 7.11 Å². The topological polar surface area (TPSA) is 60.7 Å². The van der Waals surface area contributed by atoms with Gasteiger partial charge in [0.15, 0.2) is 4.80 Å². The van der Waals surface area contributed by atoms with Crippen LogP contribution in [0.25, 0.3) is 10.2 Å². The Kier molecular flexibility index (Phi) is 5.12. The number of aromatic nitrogens is 1. The summed E-state index contributed by atoms with van der Waals surface area (Å²) in [6.45, 7) is 0.294. The van der Waals surface area contributed by atoms with Gasteiger partial charge in [-0.3, -0.25) is 4.79 Å². The smallest absolute Gasteiger partial charge is 0.337 e. The molecule has 0 fully saturated rings. The maximum atomic E-state index is 12.2. The Labute approximate surface area is 152 Å². The Morgan fingerprint density at radius 1 is 1.36 bits per heavy atom. The van der Waals surface area contributed by atoms with Crippen molar-refractivity contribution >= 4 is 44.8 Å². The van der Waals surface area contributed by atoms with Crippen LogP contribution in [-0.2, 0) is 22.5 Å². The number of nitrogens with zero attached hydrogens (tertiary/aromatic N) is 2. The van der Waals surface area contributed by atoms with Gasteiger partial charge in [-0.15, -0.1) is 17.8 Å². The molecule has 0 saturated heterocycles. The Morgan fingerprint density at radius 2 is 2.20 bits per heavy atom. The highest BCUT2D eigenvalue weighted by molar-refractivity contribution is 7.16. The number of ether oxygens (including phenoxy) is 1. The first kappa shape index (κ1) is 17.1. The van der Waals surface area contributed by atoms with Crippen LogP contribution in [0.4, 0.5) is 0 Å². The molecule has 0 N–H and O–H groups in total. The molecule has 7 heteroatoms. The molecule has 5 nitrogen and oxygen atoms in total. The maximum Gasteiger partial charge on any atom is 0.337 e. The predicted octanol–water partition coefficient (Wildman–Crippen LogP) is 2.85. The summed E-state index contributed by atoms with van der Waals surface area (Å²) < 4.78 is 7.36. The number of thiophene rings is 1. The van der Waals surface area contributed by atoms with Gasteiger partial charge in [-0.1, -0.05) is 23.3 Å². The number of hydrogen-bond donors (Lipinski definition) is 0. The number of benzene rings is 1. The van der Waals surface area contributed by atoms with Gasteiger partial charge in [0.25, 0.3) is 5.91 Å². The molecule has 0 saturated carbocycles. The van der Waals surface area contributed by atoms with E-state index in [9.17, 15) is 9.59 Å². The minimum Gasteiger partial charge on any atom is -0.465 e. The zero-order valence-electron chi connectivity index (χ0n) is 13.4. The van der Waals surface area contributed by atoms with E-state index >= 15 is 0 Å². The fraction of sp³-hybridized carbons (Fsp3) is 0.167. The number of esters is 1. The van der Waals surface area contributed by atoms with E-state index in [0.717, 1.165) is 15.1 Å². The summed E-state index contributed by atoms with van der Waals surface area (Å²) in [5.74, 6) is 1.94. The summed E-state index contributed by atoms with van der Waals surface area (Å²) in [5.41, 5.74) is 1.28. The Balaban J connectivity index is 2.05. The van der Waals surface area contributed by atoms with Crippen LogP contribution < -0.4 is 4.80 Å². The van der Waals surface area contributed by atoms with Gasteiger partial charge in [-0.25, -0.2) is 4.79 Å². The molecule has 0 radical (unpaired) electrons. The normalized spacial score (nSPS) is 11.4. The van der Waals surface area contributed by atoms with Crippen molar-refractivity contribution in [2.24, 2.45) is 4.99 Å². The molecule has 3 aromatic rings. The third-order valence-electron chi connectivity index (χ3n) is 3.48. The van der Waals surface area contributed by atoms with Gasteiger partial charge in [-0.2, -0.15) is 4.99 Å². The molecule has 0 aliphatic carbocycles. The monoisotopic (exact) mass is 370 g/mol. The molecular formula is C18H14N2O3S2. The fourth-order valence-electron chi connectivity index (χ4n) is 2.36. The highest BCUT2D eigenvalue weighted by Gasteiger charge is 2.12. The van der Waals surface area contributed by atoms with Crippen molar-refractivity contribution < 1.29 is 14.3 Å². The third-order valence-corrected chi connectivity index (χ3v) is 5.40. The molecule has 0 spiro atoms. The molecule has 2 heterocycles. The van der Waals surface area contributed by atoms with Crippen LogP contribution in [0.1, 0.15) is 15.2 Å². The highest BCUT2D eigenvalue weighted by Crippen LogP contribution is 2.20. The summed E-state index contributed by atoms with van der Waals surface area (Å²) in [7, 11) is 1.34. The van der Waals surface area contributed by atoms with Crippen LogP contribution in [0.5, 0.6) is 0 Å². The van der Waals surface area contributed by atoms with Crippen molar-refractivity contribution in [2.45, 2.75) is 13.0 Å². The Morgan fingerprint density at radius 3 is 2.88 bits per heavy atom. The number of terminal acetylenes is 1. The second-order valence-corrected chi connectivity index (χ2v) is 7.15. The zero-order chi connectivity index (χ0) is 17.8. The lowest BCUT2D eigenvalue weighted by Crippen LogP contribution is -2.17. The van der Waals surface area contributed by atoms with Gasteiger partial charge in [0, 0.05) is 4.88 Å². The largest absolute Gasteiger partial charge is 0.465 e. The van der Waals surface area contributed by atoms with E-state index in [2.05, 4.69) is 10.9 Å². The molecule has 0 atom stereocenters. The molecule has 1 aromatic carbocycles. The number of carbonyl (C=O) groups excluding carboxylic acids is 2. The number of carbonyl (C=O) groups is 2. The van der Waals surface area contributed by atoms with Crippen LogP contribution in [-0.4, -0.2) is 23.6 Å². The fourth-order valence-corrected chi connectivity index (χ4v) is 4.14. The minimum atomic E-state index is -0.411. The first-order valence-corrected chi connectivity index (χ1v) is 9.07. The molecule has 0 unspecified atom stereocenters. The molecule has 2 aromatic heterocycles. The van der Waals surface area contributed by atoms with Gasteiger partial charge in [0.05, 0.1) is 35.9 Å². The van der Waals surface area contributed by atoms with Crippen molar-refractivity contribution in [3.05, 3.63) is 51.0 Å². The van der Waals surface area contributed by atoms with E-state index < -0.39 is 5.97 Å². The second kappa shape index (κ2) is 7.47. The van der Waals surface area contributed by atoms with Crippen molar-refractivity contribution in [3.63, 3.8) is 0 Å². The Hall–Kier alpha value is -2.69. The molecule has 0 aliphatic rings. The van der Waals surface area contributed by atoms with Crippen molar-refractivity contribution in [1.29, 1.82) is 0 Å². The number of fused-ring (bicyclic) bond motifs is 1. The summed E-state index contributed by atoms with van der Waals surface area (Å²) in [6, 6.07) is 8.99. The number of rotatable bonds is 4. The van der Waals surface area contributed by atoms with Crippen LogP contribution in [0.2, 0.25) is 0 Å². The van der Waals surface area contributed by atoms with Crippen LogP contribution in [0.15, 0.2) is 40.7 Å². The van der Waals surface area contributed by atoms with Crippen LogP contribution >= 0.6 is 22.7 Å². The summed E-state index contributed by atoms with van der Waals surface area (Å²) in [4.78, 5) is 29.6.